The highest BCUT2D eigenvalue weighted by molar-refractivity contribution is 5.85. The van der Waals surface area contributed by atoms with E-state index in [0.29, 0.717) is 6.54 Å². The van der Waals surface area contributed by atoms with Gasteiger partial charge in [-0.1, -0.05) is 0 Å². The Hall–Kier alpha value is -0.540. The molecule has 0 aromatic heterocycles. The number of aliphatic imine (C=N–C) groups is 1. The monoisotopic (exact) mass is 161 g/mol. The van der Waals surface area contributed by atoms with Gasteiger partial charge < -0.3 is 10.6 Å². The molecule has 0 spiro atoms. The molecular formula is C6H12ClN3. The Balaban J connectivity index is 0.000000810. The molecule has 0 aromatic rings. The van der Waals surface area contributed by atoms with Crippen LogP contribution in [0, 0.1) is 0 Å². The van der Waals surface area contributed by atoms with Crippen molar-refractivity contribution in [1.29, 1.82) is 0 Å². The lowest BCUT2D eigenvalue weighted by Crippen LogP contribution is -2.36. The zero-order valence-electron chi connectivity index (χ0n) is 5.90. The highest BCUT2D eigenvalue weighted by Gasteiger charge is 2.07. The smallest absolute Gasteiger partial charge is 0.0758 e. The van der Waals surface area contributed by atoms with Gasteiger partial charge >= 0.3 is 0 Å². The van der Waals surface area contributed by atoms with Gasteiger partial charge in [0.2, 0.25) is 0 Å². The fourth-order valence-electron chi connectivity index (χ4n) is 0.736. The van der Waals surface area contributed by atoms with E-state index < -0.39 is 0 Å². The molecular weight excluding hydrogens is 150 g/mol. The van der Waals surface area contributed by atoms with Crippen LogP contribution in [0.1, 0.15) is 0 Å². The zero-order chi connectivity index (χ0) is 6.69. The minimum absolute atomic E-state index is 0. The minimum atomic E-state index is 0. The Morgan fingerprint density at radius 1 is 1.70 bits per heavy atom. The maximum absolute atomic E-state index is 5.43. The van der Waals surface area contributed by atoms with E-state index in [9.17, 15) is 0 Å². The van der Waals surface area contributed by atoms with Crippen molar-refractivity contribution in [3.8, 4) is 0 Å². The molecule has 0 radical (unpaired) electrons. The number of nitrogens with two attached hydrogens (primary N) is 1. The standard InChI is InChI=1S/C6H11N3.ClH/c1-9-3-2-8-5-6(9)4-7;/h2-3,5-6H,4,7H2,1H3;1H. The topological polar surface area (TPSA) is 41.6 Å². The molecule has 2 N–H and O–H groups in total. The van der Waals surface area contributed by atoms with Crippen LogP contribution in [-0.4, -0.2) is 30.7 Å². The molecule has 0 saturated heterocycles. The summed E-state index contributed by atoms with van der Waals surface area (Å²) in [5, 5.41) is 0. The van der Waals surface area contributed by atoms with Crippen LogP contribution >= 0.6 is 12.4 Å². The van der Waals surface area contributed by atoms with Crippen LogP contribution in [0.5, 0.6) is 0 Å². The van der Waals surface area contributed by atoms with E-state index in [1.54, 1.807) is 6.20 Å². The molecule has 0 saturated carbocycles. The van der Waals surface area contributed by atoms with E-state index in [4.69, 9.17) is 5.73 Å². The maximum atomic E-state index is 5.43. The molecule has 1 rings (SSSR count). The van der Waals surface area contributed by atoms with Crippen molar-refractivity contribution in [3.63, 3.8) is 0 Å². The van der Waals surface area contributed by atoms with E-state index in [1.807, 2.05) is 24.4 Å². The normalized spacial score (nSPS) is 22.6. The van der Waals surface area contributed by atoms with Crippen LogP contribution in [0.2, 0.25) is 0 Å². The molecule has 1 atom stereocenters. The molecule has 1 heterocycles. The number of hydrogen-bond donors (Lipinski definition) is 1. The number of rotatable bonds is 1. The van der Waals surface area contributed by atoms with Crippen LogP contribution in [-0.2, 0) is 0 Å². The summed E-state index contributed by atoms with van der Waals surface area (Å²) in [6.07, 6.45) is 5.52. The number of likely N-dealkylation sites (N-methyl/N-ethyl adjacent to an activating group) is 1. The Morgan fingerprint density at radius 2 is 2.40 bits per heavy atom. The third-order valence-corrected chi connectivity index (χ3v) is 1.41. The van der Waals surface area contributed by atoms with Crippen molar-refractivity contribution >= 4 is 18.6 Å². The molecule has 1 aliphatic rings. The van der Waals surface area contributed by atoms with E-state index in [1.165, 1.54) is 0 Å². The summed E-state index contributed by atoms with van der Waals surface area (Å²) in [5.41, 5.74) is 5.43. The van der Waals surface area contributed by atoms with E-state index in [2.05, 4.69) is 4.99 Å². The summed E-state index contributed by atoms with van der Waals surface area (Å²) in [5.74, 6) is 0. The first-order valence-electron chi connectivity index (χ1n) is 2.96. The second kappa shape index (κ2) is 4.30. The third kappa shape index (κ3) is 2.01. The van der Waals surface area contributed by atoms with Gasteiger partial charge in [-0.15, -0.1) is 12.4 Å². The van der Waals surface area contributed by atoms with Crippen LogP contribution < -0.4 is 5.73 Å². The van der Waals surface area contributed by atoms with Crippen molar-refractivity contribution in [2.24, 2.45) is 10.7 Å². The molecule has 0 fully saturated rings. The van der Waals surface area contributed by atoms with Gasteiger partial charge in [-0.05, 0) is 0 Å². The van der Waals surface area contributed by atoms with Gasteiger partial charge in [-0.2, -0.15) is 0 Å². The highest BCUT2D eigenvalue weighted by Crippen LogP contribution is 1.97. The molecule has 3 nitrogen and oxygen atoms in total. The van der Waals surface area contributed by atoms with E-state index in [0.717, 1.165) is 0 Å². The lowest BCUT2D eigenvalue weighted by Gasteiger charge is -2.23. The molecule has 4 heteroatoms. The summed E-state index contributed by atoms with van der Waals surface area (Å²) >= 11 is 0. The fraction of sp³-hybridized carbons (Fsp3) is 0.500. The van der Waals surface area contributed by atoms with Crippen molar-refractivity contribution in [3.05, 3.63) is 12.4 Å². The highest BCUT2D eigenvalue weighted by atomic mass is 35.5. The van der Waals surface area contributed by atoms with Gasteiger partial charge in [0, 0.05) is 32.2 Å². The first kappa shape index (κ1) is 9.46. The summed E-state index contributed by atoms with van der Waals surface area (Å²) in [7, 11) is 1.99. The molecule has 0 aromatic carbocycles. The molecule has 1 unspecified atom stereocenters. The Bertz CT molecular complexity index is 144. The van der Waals surface area contributed by atoms with Crippen molar-refractivity contribution in [1.82, 2.24) is 4.90 Å². The summed E-state index contributed by atoms with van der Waals surface area (Å²) in [6, 6.07) is 0.287. The molecule has 1 aliphatic heterocycles. The molecule has 0 aliphatic carbocycles. The Morgan fingerprint density at radius 3 is 2.80 bits per heavy atom. The quantitative estimate of drug-likeness (QED) is 0.598. The average Bonchev–Trinajstić information content (AvgIpc) is 1.89. The van der Waals surface area contributed by atoms with Gasteiger partial charge in [0.15, 0.2) is 0 Å². The first-order valence-corrected chi connectivity index (χ1v) is 2.96. The Kier molecular flexibility index (Phi) is 4.07. The van der Waals surface area contributed by atoms with Crippen molar-refractivity contribution in [2.75, 3.05) is 13.6 Å². The van der Waals surface area contributed by atoms with Gasteiger partial charge in [0.05, 0.1) is 6.04 Å². The fourth-order valence-corrected chi connectivity index (χ4v) is 0.736. The number of nitrogens with zero attached hydrogens (tertiary/aromatic N) is 2. The van der Waals surface area contributed by atoms with Crippen LogP contribution in [0.4, 0.5) is 0 Å². The van der Waals surface area contributed by atoms with Gasteiger partial charge in [0.1, 0.15) is 0 Å². The maximum Gasteiger partial charge on any atom is 0.0758 e. The predicted octanol–water partition coefficient (Wildman–Crippen LogP) is 0.223. The van der Waals surface area contributed by atoms with Crippen molar-refractivity contribution < 1.29 is 0 Å². The van der Waals surface area contributed by atoms with Crippen LogP contribution in [0.15, 0.2) is 17.4 Å². The third-order valence-electron chi connectivity index (χ3n) is 1.41. The molecule has 0 amide bonds. The first-order chi connectivity index (χ1) is 4.34. The molecule has 10 heavy (non-hydrogen) atoms. The summed E-state index contributed by atoms with van der Waals surface area (Å²) < 4.78 is 0. The van der Waals surface area contributed by atoms with Gasteiger partial charge in [-0.25, -0.2) is 0 Å². The second-order valence-electron chi connectivity index (χ2n) is 2.06. The van der Waals surface area contributed by atoms with E-state index >= 15 is 0 Å². The zero-order valence-corrected chi connectivity index (χ0v) is 6.71. The largest absolute Gasteiger partial charge is 0.370 e. The predicted molar refractivity (Wildman–Crippen MR) is 45.5 cm³/mol. The lowest BCUT2D eigenvalue weighted by atomic mass is 10.3. The second-order valence-corrected chi connectivity index (χ2v) is 2.06. The summed E-state index contributed by atoms with van der Waals surface area (Å²) in [6.45, 7) is 0.629. The minimum Gasteiger partial charge on any atom is -0.370 e. The molecule has 58 valence electrons. The SMILES string of the molecule is CN1C=CN=CC1CN.Cl. The number of halogens is 1. The number of hydrogen-bond acceptors (Lipinski definition) is 3. The Labute approximate surface area is 67.0 Å². The van der Waals surface area contributed by atoms with Crippen LogP contribution in [0.3, 0.4) is 0 Å². The summed E-state index contributed by atoms with van der Waals surface area (Å²) in [4.78, 5) is 5.99. The molecule has 0 bridgehead atoms. The van der Waals surface area contributed by atoms with Crippen LogP contribution in [0.25, 0.3) is 0 Å². The van der Waals surface area contributed by atoms with Gasteiger partial charge in [0.25, 0.3) is 0 Å². The lowest BCUT2D eigenvalue weighted by molar-refractivity contribution is 0.409. The van der Waals surface area contributed by atoms with Crippen molar-refractivity contribution in [2.45, 2.75) is 6.04 Å². The van der Waals surface area contributed by atoms with E-state index in [-0.39, 0.29) is 18.4 Å². The van der Waals surface area contributed by atoms with Gasteiger partial charge in [-0.3, -0.25) is 4.99 Å². The average molecular weight is 162 g/mol.